The van der Waals surface area contributed by atoms with Crippen LogP contribution in [-0.2, 0) is 22.3 Å². The van der Waals surface area contributed by atoms with E-state index in [1.165, 1.54) is 24.0 Å². The van der Waals surface area contributed by atoms with Gasteiger partial charge in [-0.15, -0.1) is 11.3 Å². The van der Waals surface area contributed by atoms with Gasteiger partial charge in [-0.2, -0.15) is 13.2 Å². The van der Waals surface area contributed by atoms with E-state index in [1.54, 1.807) is 29.6 Å². The number of amides is 1. The Kier molecular flexibility index (Phi) is 6.42. The average molecular weight is 455 g/mol. The molecule has 0 saturated carbocycles. The van der Waals surface area contributed by atoms with Gasteiger partial charge in [0, 0.05) is 17.3 Å². The Morgan fingerprint density at radius 3 is 2.57 bits per heavy atom. The van der Waals surface area contributed by atoms with Gasteiger partial charge in [0.1, 0.15) is 6.61 Å². The van der Waals surface area contributed by atoms with Crippen LogP contribution in [0.25, 0.3) is 0 Å². The predicted octanol–water partition coefficient (Wildman–Crippen LogP) is 5.86. The number of thiazole rings is 1. The number of halogens is 4. The predicted molar refractivity (Wildman–Crippen MR) is 107 cm³/mol. The van der Waals surface area contributed by atoms with Gasteiger partial charge < -0.3 is 4.74 Å². The molecule has 5 nitrogen and oxygen atoms in total. The molecule has 30 heavy (non-hydrogen) atoms. The summed E-state index contributed by atoms with van der Waals surface area (Å²) < 4.78 is 44.2. The van der Waals surface area contributed by atoms with E-state index in [2.05, 4.69) is 4.98 Å². The first kappa shape index (κ1) is 21.8. The van der Waals surface area contributed by atoms with Crippen LogP contribution in [0.1, 0.15) is 28.5 Å². The van der Waals surface area contributed by atoms with Crippen LogP contribution >= 0.6 is 22.9 Å². The lowest BCUT2D eigenvalue weighted by Crippen LogP contribution is -2.22. The summed E-state index contributed by atoms with van der Waals surface area (Å²) in [6, 6.07) is 11.0. The summed E-state index contributed by atoms with van der Waals surface area (Å²) in [7, 11) is 0. The Balaban J connectivity index is 1.76. The SMILES string of the molecule is CC(=O)N(c1cccc(Cl)c1)c1nc(COC(=O)c2ccccc2C(F)(F)F)cs1. The molecule has 1 amide bonds. The molecule has 1 aromatic heterocycles. The molecular formula is C20H14ClF3N2O3S. The minimum absolute atomic E-state index is 0.293. The lowest BCUT2D eigenvalue weighted by Gasteiger charge is -2.18. The highest BCUT2D eigenvalue weighted by atomic mass is 35.5. The summed E-state index contributed by atoms with van der Waals surface area (Å²) in [4.78, 5) is 29.9. The Labute approximate surface area is 178 Å². The van der Waals surface area contributed by atoms with E-state index in [1.807, 2.05) is 0 Å². The van der Waals surface area contributed by atoms with E-state index in [9.17, 15) is 22.8 Å². The van der Waals surface area contributed by atoms with Gasteiger partial charge in [0.05, 0.1) is 22.5 Å². The summed E-state index contributed by atoms with van der Waals surface area (Å²) in [6.07, 6.45) is -4.68. The van der Waals surface area contributed by atoms with Crippen molar-refractivity contribution in [2.45, 2.75) is 19.7 Å². The highest BCUT2D eigenvalue weighted by Crippen LogP contribution is 2.33. The van der Waals surface area contributed by atoms with Crippen molar-refractivity contribution in [2.24, 2.45) is 0 Å². The molecule has 0 unspecified atom stereocenters. The molecule has 0 saturated heterocycles. The molecule has 0 atom stereocenters. The number of nitrogens with zero attached hydrogens (tertiary/aromatic N) is 2. The molecule has 0 bridgehead atoms. The lowest BCUT2D eigenvalue weighted by molar-refractivity contribution is -0.138. The van der Waals surface area contributed by atoms with Crippen LogP contribution in [0.5, 0.6) is 0 Å². The van der Waals surface area contributed by atoms with Gasteiger partial charge in [-0.05, 0) is 30.3 Å². The Morgan fingerprint density at radius 1 is 1.17 bits per heavy atom. The number of aromatic nitrogens is 1. The summed E-state index contributed by atoms with van der Waals surface area (Å²) >= 11 is 7.10. The third-order valence-electron chi connectivity index (χ3n) is 3.92. The van der Waals surface area contributed by atoms with Crippen molar-refractivity contribution in [3.63, 3.8) is 0 Å². The van der Waals surface area contributed by atoms with E-state index >= 15 is 0 Å². The first-order chi connectivity index (χ1) is 14.2. The van der Waals surface area contributed by atoms with Crippen LogP contribution in [0, 0.1) is 0 Å². The number of ether oxygens (including phenoxy) is 1. The number of carbonyl (C=O) groups is 2. The summed E-state index contributed by atoms with van der Waals surface area (Å²) in [5.41, 5.74) is -0.851. The molecule has 0 radical (unpaired) electrons. The van der Waals surface area contributed by atoms with Gasteiger partial charge in [0.25, 0.3) is 0 Å². The summed E-state index contributed by atoms with van der Waals surface area (Å²) in [5.74, 6) is -1.43. The molecule has 0 fully saturated rings. The number of hydrogen-bond acceptors (Lipinski definition) is 5. The van der Waals surface area contributed by atoms with Gasteiger partial charge in [0.15, 0.2) is 5.13 Å². The molecule has 0 N–H and O–H groups in total. The van der Waals surface area contributed by atoms with Crippen molar-refractivity contribution < 1.29 is 27.5 Å². The van der Waals surface area contributed by atoms with E-state index in [-0.39, 0.29) is 12.5 Å². The van der Waals surface area contributed by atoms with Crippen molar-refractivity contribution in [1.82, 2.24) is 4.98 Å². The molecule has 156 valence electrons. The molecule has 3 aromatic rings. The van der Waals surface area contributed by atoms with Crippen LogP contribution in [0.4, 0.5) is 24.0 Å². The molecule has 1 heterocycles. The molecule has 3 rings (SSSR count). The number of alkyl halides is 3. The van der Waals surface area contributed by atoms with E-state index in [0.29, 0.717) is 21.5 Å². The third-order valence-corrected chi connectivity index (χ3v) is 5.03. The maximum absolute atomic E-state index is 13.1. The van der Waals surface area contributed by atoms with Crippen molar-refractivity contribution in [2.75, 3.05) is 4.90 Å². The van der Waals surface area contributed by atoms with Crippen molar-refractivity contribution in [3.05, 3.63) is 75.8 Å². The maximum Gasteiger partial charge on any atom is 0.417 e. The standard InChI is InChI=1S/C20H14ClF3N2O3S/c1-12(27)26(15-6-4-5-13(21)9-15)19-25-14(11-30-19)10-29-18(28)16-7-2-3-8-17(16)20(22,23)24/h2-9,11H,10H2,1H3. The monoisotopic (exact) mass is 454 g/mol. The van der Waals surface area contributed by atoms with Gasteiger partial charge in [-0.1, -0.05) is 29.8 Å². The van der Waals surface area contributed by atoms with Gasteiger partial charge in [0.2, 0.25) is 5.91 Å². The van der Waals surface area contributed by atoms with Crippen LogP contribution in [0.2, 0.25) is 5.02 Å². The molecule has 0 aliphatic heterocycles. The van der Waals surface area contributed by atoms with Gasteiger partial charge in [-0.3, -0.25) is 9.69 Å². The highest BCUT2D eigenvalue weighted by molar-refractivity contribution is 7.14. The van der Waals surface area contributed by atoms with Crippen molar-refractivity contribution >= 4 is 45.6 Å². The molecule has 2 aromatic carbocycles. The van der Waals surface area contributed by atoms with Gasteiger partial charge in [-0.25, -0.2) is 9.78 Å². The second kappa shape index (κ2) is 8.85. The zero-order valence-electron chi connectivity index (χ0n) is 15.4. The second-order valence-electron chi connectivity index (χ2n) is 6.08. The van der Waals surface area contributed by atoms with Crippen molar-refractivity contribution in [3.8, 4) is 0 Å². The topological polar surface area (TPSA) is 59.5 Å². The smallest absolute Gasteiger partial charge is 0.417 e. The number of benzene rings is 2. The van der Waals surface area contributed by atoms with E-state index < -0.39 is 23.3 Å². The van der Waals surface area contributed by atoms with Crippen LogP contribution in [0.15, 0.2) is 53.9 Å². The molecule has 0 spiro atoms. The number of esters is 1. The largest absolute Gasteiger partial charge is 0.456 e. The van der Waals surface area contributed by atoms with Gasteiger partial charge >= 0.3 is 12.1 Å². The highest BCUT2D eigenvalue weighted by Gasteiger charge is 2.35. The average Bonchev–Trinajstić information content (AvgIpc) is 3.13. The third kappa shape index (κ3) is 4.98. The molecule has 0 aliphatic carbocycles. The summed E-state index contributed by atoms with van der Waals surface area (Å²) in [5, 5.41) is 2.30. The zero-order valence-corrected chi connectivity index (χ0v) is 17.0. The van der Waals surface area contributed by atoms with E-state index in [0.717, 1.165) is 23.5 Å². The first-order valence-corrected chi connectivity index (χ1v) is 9.76. The van der Waals surface area contributed by atoms with Crippen LogP contribution in [0.3, 0.4) is 0 Å². The van der Waals surface area contributed by atoms with E-state index in [4.69, 9.17) is 16.3 Å². The number of rotatable bonds is 5. The number of carbonyl (C=O) groups excluding carboxylic acids is 2. The Hall–Kier alpha value is -2.91. The Morgan fingerprint density at radius 2 is 1.90 bits per heavy atom. The van der Waals surface area contributed by atoms with Crippen LogP contribution < -0.4 is 4.90 Å². The minimum atomic E-state index is -4.68. The minimum Gasteiger partial charge on any atom is -0.456 e. The molecular weight excluding hydrogens is 441 g/mol. The fourth-order valence-corrected chi connectivity index (χ4v) is 3.69. The lowest BCUT2D eigenvalue weighted by atomic mass is 10.1. The Bertz CT molecular complexity index is 1080. The second-order valence-corrected chi connectivity index (χ2v) is 7.35. The number of anilines is 2. The first-order valence-electron chi connectivity index (χ1n) is 8.51. The molecule has 10 heteroatoms. The van der Waals surface area contributed by atoms with Crippen LogP contribution in [-0.4, -0.2) is 16.9 Å². The zero-order chi connectivity index (χ0) is 21.9. The van der Waals surface area contributed by atoms with Crippen molar-refractivity contribution in [1.29, 1.82) is 0 Å². The molecule has 0 aliphatic rings. The maximum atomic E-state index is 13.1. The normalized spacial score (nSPS) is 11.2. The fraction of sp³-hybridized carbons (Fsp3) is 0.150. The summed E-state index contributed by atoms with van der Waals surface area (Å²) in [6.45, 7) is 1.01. The quantitative estimate of drug-likeness (QED) is 0.453. The number of hydrogen-bond donors (Lipinski definition) is 0. The fourth-order valence-electron chi connectivity index (χ4n) is 2.63.